The first kappa shape index (κ1) is 57.3. The van der Waals surface area contributed by atoms with E-state index in [1.54, 1.807) is 60.7 Å². The van der Waals surface area contributed by atoms with Gasteiger partial charge in [-0.1, -0.05) is 124 Å². The molecule has 0 unspecified atom stereocenters. The highest BCUT2D eigenvalue weighted by Crippen LogP contribution is 2.21. The Morgan fingerprint density at radius 3 is 1.64 bits per heavy atom. The molecular weight excluding hydrogens is 883 g/mol. The highest BCUT2D eigenvalue weighted by molar-refractivity contribution is 5.96. The third-order valence-corrected chi connectivity index (χ3v) is 12.5. The van der Waals surface area contributed by atoms with E-state index in [0.717, 1.165) is 24.0 Å². The summed E-state index contributed by atoms with van der Waals surface area (Å²) in [4.78, 5) is 104. The number of benzene rings is 3. The number of hydrogen-bond acceptors (Lipinski definition) is 10. The second kappa shape index (κ2) is 31.1. The van der Waals surface area contributed by atoms with E-state index in [9.17, 15) is 53.7 Å². The van der Waals surface area contributed by atoms with Crippen molar-refractivity contribution in [1.82, 2.24) is 16.0 Å². The fourth-order valence-electron chi connectivity index (χ4n) is 8.19. The molecular formula is C54H73N3O12. The van der Waals surface area contributed by atoms with Crippen LogP contribution in [0.2, 0.25) is 0 Å². The first-order valence-corrected chi connectivity index (χ1v) is 24.3. The molecule has 0 spiro atoms. The summed E-state index contributed by atoms with van der Waals surface area (Å²) < 4.78 is 0. The maximum absolute atomic E-state index is 14.3. The number of carbonyl (C=O) groups excluding carboxylic acids is 6. The number of amides is 3. The predicted octanol–water partition coefficient (Wildman–Crippen LogP) is 6.07. The molecule has 7 N–H and O–H groups in total. The topological polar surface area (TPSA) is 254 Å². The fraction of sp³-hybridized carbons (Fsp3) is 0.519. The van der Waals surface area contributed by atoms with Crippen LogP contribution in [0.25, 0.3) is 0 Å². The third-order valence-electron chi connectivity index (χ3n) is 12.5. The molecule has 15 nitrogen and oxygen atoms in total. The quantitative estimate of drug-likeness (QED) is 0.0328. The fourth-order valence-corrected chi connectivity index (χ4v) is 8.19. The molecule has 3 aromatic carbocycles. The van der Waals surface area contributed by atoms with Crippen LogP contribution in [0.3, 0.4) is 0 Å². The molecule has 0 aliphatic heterocycles. The van der Waals surface area contributed by atoms with E-state index in [2.05, 4.69) is 35.0 Å². The number of nitrogens with one attached hydrogen (secondary N) is 3. The molecule has 3 amide bonds. The Morgan fingerprint density at radius 1 is 0.551 bits per heavy atom. The van der Waals surface area contributed by atoms with E-state index < -0.39 is 109 Å². The minimum Gasteiger partial charge on any atom is -0.481 e. The van der Waals surface area contributed by atoms with E-state index in [1.807, 2.05) is 12.1 Å². The predicted molar refractivity (Wildman–Crippen MR) is 261 cm³/mol. The van der Waals surface area contributed by atoms with Gasteiger partial charge in [0, 0.05) is 50.4 Å². The Morgan fingerprint density at radius 2 is 1.07 bits per heavy atom. The lowest BCUT2D eigenvalue weighted by atomic mass is 9.89. The molecule has 0 fully saturated rings. The third kappa shape index (κ3) is 22.3. The maximum Gasteiger partial charge on any atom is 0.303 e. The standard InChI is InChI=1S/C54H73N3O12/c1-3-4-5-6-7-10-15-39-20-22-40(23-21-39)30-31-54(36-58,37-59)57-49(63)27-25-45(61)34-44(32-41-16-11-8-12-17-41)53(69)56-47(33-42-18-13-9-14-19-42)48(62)35-43(24-28-50(64)65)52(68)55-46(38(2)60)26-29-51(66)67/h8-9,11-14,16-23,43-44,46-47,58-59H,3-7,10,15,24-37H2,1-2H3,(H,55,68)(H,56,69)(H,57,63)(H,64,65)(H,66,67)/t43-,44-,46+,47+/m1/s1. The van der Waals surface area contributed by atoms with Crippen molar-refractivity contribution < 1.29 is 58.8 Å². The summed E-state index contributed by atoms with van der Waals surface area (Å²) in [7, 11) is 0. The largest absolute Gasteiger partial charge is 0.481 e. The van der Waals surface area contributed by atoms with Gasteiger partial charge < -0.3 is 36.4 Å². The van der Waals surface area contributed by atoms with Gasteiger partial charge in [-0.25, -0.2) is 0 Å². The van der Waals surface area contributed by atoms with Crippen molar-refractivity contribution in [2.24, 2.45) is 11.8 Å². The number of hydrogen-bond donors (Lipinski definition) is 7. The van der Waals surface area contributed by atoms with E-state index in [4.69, 9.17) is 5.11 Å². The number of Topliss-reactive ketones (excluding diaryl/α,β-unsaturated/α-hetero) is 3. The van der Waals surface area contributed by atoms with Gasteiger partial charge in [-0.15, -0.1) is 0 Å². The zero-order chi connectivity index (χ0) is 50.6. The Kier molecular flexibility index (Phi) is 25.8. The molecule has 0 aliphatic carbocycles. The highest BCUT2D eigenvalue weighted by Gasteiger charge is 2.34. The summed E-state index contributed by atoms with van der Waals surface area (Å²) in [5.41, 5.74) is 2.28. The summed E-state index contributed by atoms with van der Waals surface area (Å²) in [6.07, 6.45) is 6.35. The lowest BCUT2D eigenvalue weighted by Gasteiger charge is -2.31. The van der Waals surface area contributed by atoms with Gasteiger partial charge in [-0.3, -0.25) is 38.4 Å². The molecule has 0 saturated heterocycles. The minimum atomic E-state index is -1.34. The lowest BCUT2D eigenvalue weighted by molar-refractivity contribution is -0.140. The van der Waals surface area contributed by atoms with Crippen LogP contribution in [0.1, 0.15) is 132 Å². The highest BCUT2D eigenvalue weighted by atomic mass is 16.4. The number of carboxylic acids is 2. The summed E-state index contributed by atoms with van der Waals surface area (Å²) in [6.45, 7) is 2.32. The average molecular weight is 956 g/mol. The van der Waals surface area contributed by atoms with Crippen LogP contribution in [0.4, 0.5) is 0 Å². The van der Waals surface area contributed by atoms with Gasteiger partial charge in [0.05, 0.1) is 30.8 Å². The molecule has 69 heavy (non-hydrogen) atoms. The molecule has 0 radical (unpaired) electrons. The van der Waals surface area contributed by atoms with Gasteiger partial charge in [-0.2, -0.15) is 0 Å². The first-order valence-electron chi connectivity index (χ1n) is 24.3. The van der Waals surface area contributed by atoms with Crippen molar-refractivity contribution in [2.75, 3.05) is 13.2 Å². The molecule has 0 bridgehead atoms. The maximum atomic E-state index is 14.3. The number of rotatable bonds is 36. The number of aliphatic hydroxyl groups is 2. The van der Waals surface area contributed by atoms with Crippen LogP contribution in [0.5, 0.6) is 0 Å². The van der Waals surface area contributed by atoms with Crippen molar-refractivity contribution in [3.8, 4) is 0 Å². The Labute approximate surface area is 406 Å². The average Bonchev–Trinajstić information content (AvgIpc) is 3.33. The molecule has 3 rings (SSSR count). The van der Waals surface area contributed by atoms with Gasteiger partial charge in [-0.05, 0) is 80.5 Å². The number of unbranched alkanes of at least 4 members (excludes halogenated alkanes) is 5. The number of aliphatic carboxylic acids is 2. The van der Waals surface area contributed by atoms with Crippen molar-refractivity contribution in [1.29, 1.82) is 0 Å². The molecule has 0 aromatic heterocycles. The number of carbonyl (C=O) groups is 8. The van der Waals surface area contributed by atoms with Gasteiger partial charge in [0.1, 0.15) is 5.78 Å². The van der Waals surface area contributed by atoms with Crippen LogP contribution < -0.4 is 16.0 Å². The van der Waals surface area contributed by atoms with Gasteiger partial charge >= 0.3 is 11.9 Å². The molecule has 3 aromatic rings. The van der Waals surface area contributed by atoms with Crippen molar-refractivity contribution in [2.45, 2.75) is 153 Å². The van der Waals surface area contributed by atoms with Gasteiger partial charge in [0.25, 0.3) is 0 Å². The second-order valence-corrected chi connectivity index (χ2v) is 18.3. The zero-order valence-corrected chi connectivity index (χ0v) is 40.3. The number of carboxylic acid groups (broad SMARTS) is 2. The smallest absolute Gasteiger partial charge is 0.303 e. The van der Waals surface area contributed by atoms with Crippen molar-refractivity contribution in [3.63, 3.8) is 0 Å². The summed E-state index contributed by atoms with van der Waals surface area (Å²) >= 11 is 0. The molecule has 376 valence electrons. The van der Waals surface area contributed by atoms with E-state index >= 15 is 0 Å². The minimum absolute atomic E-state index is 0.0123. The lowest BCUT2D eigenvalue weighted by Crippen LogP contribution is -2.54. The molecule has 15 heteroatoms. The van der Waals surface area contributed by atoms with Crippen molar-refractivity contribution >= 4 is 47.0 Å². The second-order valence-electron chi connectivity index (χ2n) is 18.3. The Balaban J connectivity index is 1.73. The Hall–Kier alpha value is -6.06. The van der Waals surface area contributed by atoms with Crippen LogP contribution >= 0.6 is 0 Å². The summed E-state index contributed by atoms with van der Waals surface area (Å²) in [6, 6.07) is 23.5. The van der Waals surface area contributed by atoms with E-state index in [0.29, 0.717) is 12.0 Å². The zero-order valence-electron chi connectivity index (χ0n) is 40.3. The molecule has 0 heterocycles. The van der Waals surface area contributed by atoms with Crippen LogP contribution in [-0.4, -0.2) is 98.3 Å². The monoisotopic (exact) mass is 956 g/mol. The van der Waals surface area contributed by atoms with Crippen LogP contribution in [0.15, 0.2) is 84.9 Å². The normalized spacial score (nSPS) is 13.0. The van der Waals surface area contributed by atoms with E-state index in [1.165, 1.54) is 44.6 Å². The summed E-state index contributed by atoms with van der Waals surface area (Å²) in [5.74, 6) is -8.22. The van der Waals surface area contributed by atoms with Crippen LogP contribution in [0, 0.1) is 11.8 Å². The van der Waals surface area contributed by atoms with Crippen molar-refractivity contribution in [3.05, 3.63) is 107 Å². The van der Waals surface area contributed by atoms with Gasteiger partial charge in [0.15, 0.2) is 11.6 Å². The molecule has 4 atom stereocenters. The summed E-state index contributed by atoms with van der Waals surface area (Å²) in [5, 5.41) is 47.4. The Bertz CT molecular complexity index is 2090. The number of ketones is 3. The van der Waals surface area contributed by atoms with E-state index in [-0.39, 0.29) is 51.4 Å². The van der Waals surface area contributed by atoms with Gasteiger partial charge in [0.2, 0.25) is 17.7 Å². The number of aryl methyl sites for hydroxylation is 2. The molecule has 0 saturated carbocycles. The SMILES string of the molecule is CCCCCCCCc1ccc(CCC(CO)(CO)NC(=O)CCC(=O)C[C@@H](Cc2ccccc2)C(=O)N[C@@H](Cc2ccccc2)C(=O)C[C@@H](CCC(=O)O)C(=O)N[C@@H](CCC(=O)O)C(C)=O)cc1. The van der Waals surface area contributed by atoms with Crippen LogP contribution in [-0.2, 0) is 64.0 Å². The number of aliphatic hydroxyl groups excluding tert-OH is 2. The first-order chi connectivity index (χ1) is 33.1. The molecule has 0 aliphatic rings.